The van der Waals surface area contributed by atoms with Crippen molar-refractivity contribution in [3.8, 4) is 17.3 Å². The number of hydrogen-bond donors (Lipinski definition) is 1. The minimum atomic E-state index is -1.95. The Morgan fingerprint density at radius 2 is 1.65 bits per heavy atom. The number of nitrogens with one attached hydrogen (secondary N) is 1. The van der Waals surface area contributed by atoms with Crippen LogP contribution in [0.15, 0.2) is 47.4 Å². The van der Waals surface area contributed by atoms with Gasteiger partial charge >= 0.3 is 0 Å². The average molecular weight is 614 g/mol. The predicted molar refractivity (Wildman–Crippen MR) is 181 cm³/mol. The molecule has 0 saturated carbocycles. The normalized spacial score (nSPS) is 14.4. The molecule has 4 aromatic rings. The van der Waals surface area contributed by atoms with Gasteiger partial charge in [-0.15, -0.1) is 16.9 Å². The summed E-state index contributed by atoms with van der Waals surface area (Å²) in [7, 11) is 0.223. The molecule has 1 aromatic carbocycles. The number of ether oxygens (including phenoxy) is 1. The zero-order valence-corrected chi connectivity index (χ0v) is 28.2. The van der Waals surface area contributed by atoms with Crippen LogP contribution in [0, 0.1) is 11.5 Å². The van der Waals surface area contributed by atoms with Crippen LogP contribution < -0.4 is 15.0 Å². The van der Waals surface area contributed by atoms with Crippen molar-refractivity contribution in [3.63, 3.8) is 0 Å². The van der Waals surface area contributed by atoms with Gasteiger partial charge in [-0.3, -0.25) is 0 Å². The van der Waals surface area contributed by atoms with E-state index in [0.717, 1.165) is 48.5 Å². The highest BCUT2D eigenvalue weighted by atomic mass is 32.1. The van der Waals surface area contributed by atoms with Crippen LogP contribution in [-0.4, -0.2) is 66.1 Å². The van der Waals surface area contributed by atoms with Crippen LogP contribution in [0.2, 0.25) is 16.6 Å². The van der Waals surface area contributed by atoms with Crippen molar-refractivity contribution in [1.29, 1.82) is 0 Å². The molecule has 0 aliphatic carbocycles. The molecule has 0 spiro atoms. The SMILES string of the molecule is CC(C)[Si](C#Cc1cc(OCc2cscn2)nc2nc(Nc3ccc(N4CCN(C)CC4)cc3)ncc12)(C(C)C)C(C)C. The molecule has 1 aliphatic rings. The number of fused-ring (bicyclic) bond motifs is 1. The van der Waals surface area contributed by atoms with Gasteiger partial charge in [0.2, 0.25) is 11.8 Å². The smallest absolute Gasteiger partial charge is 0.229 e. The molecule has 1 fully saturated rings. The Kier molecular flexibility index (Phi) is 9.64. The number of aromatic nitrogens is 4. The Labute approximate surface area is 261 Å². The molecule has 43 heavy (non-hydrogen) atoms. The van der Waals surface area contributed by atoms with Crippen molar-refractivity contribution in [1.82, 2.24) is 24.8 Å². The third-order valence-electron chi connectivity index (χ3n) is 8.67. The second kappa shape index (κ2) is 13.4. The van der Waals surface area contributed by atoms with Crippen LogP contribution >= 0.6 is 11.3 Å². The number of likely N-dealkylation sites (N-methyl/N-ethyl adjacent to an activating group) is 1. The molecule has 1 N–H and O–H groups in total. The van der Waals surface area contributed by atoms with Crippen LogP contribution in [0.25, 0.3) is 11.0 Å². The maximum Gasteiger partial charge on any atom is 0.229 e. The second-order valence-corrected chi connectivity index (χ2v) is 18.6. The Morgan fingerprint density at radius 3 is 2.28 bits per heavy atom. The van der Waals surface area contributed by atoms with Crippen LogP contribution in [0.3, 0.4) is 0 Å². The minimum absolute atomic E-state index is 0.341. The van der Waals surface area contributed by atoms with E-state index >= 15 is 0 Å². The van der Waals surface area contributed by atoms with Crippen molar-refractivity contribution in [2.24, 2.45) is 0 Å². The average Bonchev–Trinajstić information content (AvgIpc) is 3.50. The molecular formula is C33H43N7OSSi. The molecule has 0 radical (unpaired) electrons. The van der Waals surface area contributed by atoms with Gasteiger partial charge in [0, 0.05) is 60.8 Å². The maximum atomic E-state index is 6.10. The lowest BCUT2D eigenvalue weighted by atomic mass is 10.2. The zero-order valence-electron chi connectivity index (χ0n) is 26.4. The Balaban J connectivity index is 1.46. The largest absolute Gasteiger partial charge is 0.471 e. The van der Waals surface area contributed by atoms with Crippen molar-refractivity contribution < 1.29 is 4.74 Å². The quantitative estimate of drug-likeness (QED) is 0.158. The van der Waals surface area contributed by atoms with Crippen molar-refractivity contribution >= 4 is 47.8 Å². The summed E-state index contributed by atoms with van der Waals surface area (Å²) in [5.74, 6) is 4.55. The number of anilines is 3. The van der Waals surface area contributed by atoms with Gasteiger partial charge in [-0.05, 0) is 47.9 Å². The number of piperazine rings is 1. The van der Waals surface area contributed by atoms with E-state index in [9.17, 15) is 0 Å². The molecule has 0 unspecified atom stereocenters. The van der Waals surface area contributed by atoms with Gasteiger partial charge in [0.15, 0.2) is 5.65 Å². The molecule has 226 valence electrons. The van der Waals surface area contributed by atoms with Gasteiger partial charge in [-0.25, -0.2) is 9.97 Å². The third-order valence-corrected chi connectivity index (χ3v) is 15.6. The third kappa shape index (κ3) is 7.01. The fourth-order valence-corrected chi connectivity index (χ4v) is 12.0. The molecule has 3 aromatic heterocycles. The van der Waals surface area contributed by atoms with E-state index < -0.39 is 8.07 Å². The van der Waals surface area contributed by atoms with E-state index in [1.807, 2.05) is 17.6 Å². The first-order chi connectivity index (χ1) is 20.7. The van der Waals surface area contributed by atoms with Crippen LogP contribution in [0.4, 0.5) is 17.3 Å². The number of thiazole rings is 1. The van der Waals surface area contributed by atoms with E-state index in [4.69, 9.17) is 14.7 Å². The summed E-state index contributed by atoms with van der Waals surface area (Å²) in [5.41, 5.74) is 11.7. The molecule has 5 rings (SSSR count). The van der Waals surface area contributed by atoms with Crippen LogP contribution in [-0.2, 0) is 6.61 Å². The van der Waals surface area contributed by atoms with E-state index in [1.165, 1.54) is 5.69 Å². The Hall–Kier alpha value is -3.52. The number of benzene rings is 1. The monoisotopic (exact) mass is 613 g/mol. The van der Waals surface area contributed by atoms with Gasteiger partial charge in [0.1, 0.15) is 14.7 Å². The van der Waals surface area contributed by atoms with Gasteiger partial charge in [-0.2, -0.15) is 9.97 Å². The van der Waals surface area contributed by atoms with E-state index in [-0.39, 0.29) is 0 Å². The van der Waals surface area contributed by atoms with Crippen molar-refractivity contribution in [2.45, 2.75) is 64.8 Å². The molecule has 1 saturated heterocycles. The zero-order chi connectivity index (χ0) is 30.6. The van der Waals surface area contributed by atoms with Crippen molar-refractivity contribution in [3.05, 3.63) is 58.7 Å². The number of pyridine rings is 1. The van der Waals surface area contributed by atoms with Gasteiger partial charge in [0.05, 0.1) is 16.6 Å². The number of hydrogen-bond acceptors (Lipinski definition) is 9. The molecule has 1 aliphatic heterocycles. The summed E-state index contributed by atoms with van der Waals surface area (Å²) in [6.45, 7) is 18.5. The van der Waals surface area contributed by atoms with Gasteiger partial charge in [0.25, 0.3) is 0 Å². The highest BCUT2D eigenvalue weighted by Crippen LogP contribution is 2.41. The standard InChI is InChI=1S/C33H43N7OSSi/c1-23(2)43(24(3)4,25(5)6)17-12-26-18-31(41-20-28-21-42-22-35-28)37-32-30(26)19-34-33(38-32)36-27-8-10-29(11-9-27)40-15-13-39(7)14-16-40/h8-11,18-19,21-25H,13-16,20H2,1-7H3,(H,34,36,37,38). The first-order valence-electron chi connectivity index (χ1n) is 15.2. The first kappa shape index (κ1) is 30.9. The second-order valence-electron chi connectivity index (χ2n) is 12.3. The molecule has 10 heteroatoms. The fraction of sp³-hybridized carbons (Fsp3) is 0.455. The Morgan fingerprint density at radius 1 is 0.953 bits per heavy atom. The molecule has 0 amide bonds. The van der Waals surface area contributed by atoms with Crippen LogP contribution in [0.1, 0.15) is 52.8 Å². The fourth-order valence-electron chi connectivity index (χ4n) is 6.24. The molecule has 8 nitrogen and oxygen atoms in total. The van der Waals surface area contributed by atoms with Crippen LogP contribution in [0.5, 0.6) is 5.88 Å². The van der Waals surface area contributed by atoms with Gasteiger partial charge < -0.3 is 19.9 Å². The predicted octanol–water partition coefficient (Wildman–Crippen LogP) is 7.13. The van der Waals surface area contributed by atoms with Crippen molar-refractivity contribution in [2.75, 3.05) is 43.4 Å². The topological polar surface area (TPSA) is 79.3 Å². The lowest BCUT2D eigenvalue weighted by molar-refractivity contribution is 0.291. The minimum Gasteiger partial charge on any atom is -0.471 e. The Bertz CT molecular complexity index is 1550. The molecule has 4 heterocycles. The molecule has 0 bridgehead atoms. The summed E-state index contributed by atoms with van der Waals surface area (Å²) < 4.78 is 6.10. The lowest BCUT2D eigenvalue weighted by Gasteiger charge is -2.38. The summed E-state index contributed by atoms with van der Waals surface area (Å²) in [6.07, 6.45) is 1.83. The van der Waals surface area contributed by atoms with Gasteiger partial charge in [-0.1, -0.05) is 47.5 Å². The van der Waals surface area contributed by atoms with E-state index in [1.54, 1.807) is 16.8 Å². The highest BCUT2D eigenvalue weighted by Gasteiger charge is 2.41. The maximum absolute atomic E-state index is 6.10. The first-order valence-corrected chi connectivity index (χ1v) is 18.3. The summed E-state index contributed by atoms with van der Waals surface area (Å²) in [4.78, 5) is 23.4. The number of rotatable bonds is 9. The lowest BCUT2D eigenvalue weighted by Crippen LogP contribution is -2.44. The highest BCUT2D eigenvalue weighted by molar-refractivity contribution is 7.07. The molecular weight excluding hydrogens is 571 g/mol. The molecule has 0 atom stereocenters. The summed E-state index contributed by atoms with van der Waals surface area (Å²) in [6, 6.07) is 10.4. The van der Waals surface area contributed by atoms with E-state index in [2.05, 4.69) is 109 Å². The summed E-state index contributed by atoms with van der Waals surface area (Å²) in [5, 5.41) is 6.16. The summed E-state index contributed by atoms with van der Waals surface area (Å²) >= 11 is 1.55. The van der Waals surface area contributed by atoms with E-state index in [0.29, 0.717) is 40.7 Å². The number of nitrogens with zero attached hydrogens (tertiary/aromatic N) is 6.